The van der Waals surface area contributed by atoms with E-state index in [0.717, 1.165) is 15.9 Å². The quantitative estimate of drug-likeness (QED) is 0.913. The molecule has 1 aromatic heterocycles. The Hall–Kier alpha value is -1.39. The molecular formula is C15H16BrNO2. The van der Waals surface area contributed by atoms with Crippen molar-refractivity contribution >= 4 is 15.9 Å². The normalized spacial score (nSPS) is 12.2. The van der Waals surface area contributed by atoms with E-state index in [9.17, 15) is 5.11 Å². The molecule has 1 unspecified atom stereocenters. The van der Waals surface area contributed by atoms with Crippen LogP contribution in [0.3, 0.4) is 0 Å². The first-order valence-corrected chi connectivity index (χ1v) is 6.94. The topological polar surface area (TPSA) is 42.4 Å². The molecular weight excluding hydrogens is 306 g/mol. The number of aliphatic hydroxyl groups is 1. The Morgan fingerprint density at radius 1 is 1.26 bits per heavy atom. The average molecular weight is 322 g/mol. The molecule has 1 N–H and O–H groups in total. The first kappa shape index (κ1) is 14.0. The molecule has 0 aliphatic rings. The van der Waals surface area contributed by atoms with Crippen LogP contribution in [0.5, 0.6) is 5.75 Å². The molecule has 2 rings (SSSR count). The number of hydrogen-bond acceptors (Lipinski definition) is 3. The number of benzene rings is 1. The van der Waals surface area contributed by atoms with Crippen molar-refractivity contribution in [2.75, 3.05) is 6.61 Å². The average Bonchev–Trinajstić information content (AvgIpc) is 2.38. The van der Waals surface area contributed by atoms with Crippen molar-refractivity contribution in [3.63, 3.8) is 0 Å². The maximum atomic E-state index is 10.0. The third-order valence-corrected chi connectivity index (χ3v) is 3.20. The third kappa shape index (κ3) is 4.33. The van der Waals surface area contributed by atoms with E-state index in [1.807, 2.05) is 49.4 Å². The summed E-state index contributed by atoms with van der Waals surface area (Å²) in [5.41, 5.74) is 1.60. The van der Waals surface area contributed by atoms with E-state index in [-0.39, 0.29) is 0 Å². The summed E-state index contributed by atoms with van der Waals surface area (Å²) >= 11 is 3.39. The van der Waals surface area contributed by atoms with Gasteiger partial charge >= 0.3 is 0 Å². The summed E-state index contributed by atoms with van der Waals surface area (Å²) in [5.74, 6) is 0.791. The van der Waals surface area contributed by atoms with E-state index in [2.05, 4.69) is 20.9 Å². The van der Waals surface area contributed by atoms with E-state index in [0.29, 0.717) is 18.7 Å². The van der Waals surface area contributed by atoms with Crippen molar-refractivity contribution in [3.05, 3.63) is 58.3 Å². The fraction of sp³-hybridized carbons (Fsp3) is 0.267. The van der Waals surface area contributed by atoms with Gasteiger partial charge in [0.15, 0.2) is 0 Å². The molecule has 3 nitrogen and oxygen atoms in total. The van der Waals surface area contributed by atoms with Gasteiger partial charge in [-0.2, -0.15) is 0 Å². The molecule has 0 saturated carbocycles. The highest BCUT2D eigenvalue weighted by molar-refractivity contribution is 9.10. The predicted octanol–water partition coefficient (Wildman–Crippen LogP) is 3.66. The minimum absolute atomic E-state index is 0.452. The molecule has 0 aliphatic heterocycles. The van der Waals surface area contributed by atoms with Gasteiger partial charge in [-0.1, -0.05) is 28.1 Å². The number of rotatable bonds is 5. The standard InChI is InChI=1S/C15H16BrNO2/c1-11-4-2-7-14(17-11)15(18)8-9-19-13-6-3-5-12(16)10-13/h2-7,10,15,18H,8-9H2,1H3. The maximum absolute atomic E-state index is 10.0. The molecule has 100 valence electrons. The SMILES string of the molecule is Cc1cccc(C(O)CCOc2cccc(Br)c2)n1. The molecule has 0 saturated heterocycles. The summed E-state index contributed by atoms with van der Waals surface area (Å²) in [6.45, 7) is 2.36. The Morgan fingerprint density at radius 3 is 2.79 bits per heavy atom. The molecule has 0 fully saturated rings. The minimum atomic E-state index is -0.591. The van der Waals surface area contributed by atoms with E-state index in [1.54, 1.807) is 0 Å². The van der Waals surface area contributed by atoms with E-state index >= 15 is 0 Å². The van der Waals surface area contributed by atoms with Crippen molar-refractivity contribution in [1.82, 2.24) is 4.98 Å². The van der Waals surface area contributed by atoms with Crippen molar-refractivity contribution < 1.29 is 9.84 Å². The zero-order valence-electron chi connectivity index (χ0n) is 10.7. The van der Waals surface area contributed by atoms with Crippen molar-refractivity contribution in [2.24, 2.45) is 0 Å². The van der Waals surface area contributed by atoms with Crippen LogP contribution in [-0.2, 0) is 0 Å². The van der Waals surface area contributed by atoms with Gasteiger partial charge < -0.3 is 9.84 Å². The second-order valence-corrected chi connectivity index (χ2v) is 5.23. The summed E-state index contributed by atoms with van der Waals surface area (Å²) in [6.07, 6.45) is -0.0739. The third-order valence-electron chi connectivity index (χ3n) is 2.71. The number of ether oxygens (including phenoxy) is 1. The largest absolute Gasteiger partial charge is 0.493 e. The maximum Gasteiger partial charge on any atom is 0.120 e. The molecule has 0 aliphatic carbocycles. The van der Waals surface area contributed by atoms with Crippen LogP contribution < -0.4 is 4.74 Å². The number of halogens is 1. The summed E-state index contributed by atoms with van der Waals surface area (Å²) in [6, 6.07) is 13.3. The van der Waals surface area contributed by atoms with Crippen molar-refractivity contribution in [3.8, 4) is 5.75 Å². The van der Waals surface area contributed by atoms with Gasteiger partial charge in [-0.05, 0) is 37.3 Å². The lowest BCUT2D eigenvalue weighted by Crippen LogP contribution is -2.07. The summed E-state index contributed by atoms with van der Waals surface area (Å²) < 4.78 is 6.57. The first-order chi connectivity index (χ1) is 9.15. The number of hydrogen-bond donors (Lipinski definition) is 1. The van der Waals surface area contributed by atoms with E-state index in [1.165, 1.54) is 0 Å². The van der Waals surface area contributed by atoms with Gasteiger partial charge in [0.1, 0.15) is 5.75 Å². The summed E-state index contributed by atoms with van der Waals surface area (Å²) in [4.78, 5) is 4.30. The second-order valence-electron chi connectivity index (χ2n) is 4.31. The second kappa shape index (κ2) is 6.68. The molecule has 0 amide bonds. The van der Waals surface area contributed by atoms with Gasteiger partial charge in [-0.15, -0.1) is 0 Å². The van der Waals surface area contributed by atoms with Crippen LogP contribution in [-0.4, -0.2) is 16.7 Å². The molecule has 4 heteroatoms. The zero-order chi connectivity index (χ0) is 13.7. The Balaban J connectivity index is 1.85. The van der Waals surface area contributed by atoms with E-state index < -0.39 is 6.10 Å². The van der Waals surface area contributed by atoms with Gasteiger partial charge in [-0.3, -0.25) is 4.98 Å². The van der Waals surface area contributed by atoms with Gasteiger partial charge in [0.05, 0.1) is 18.4 Å². The van der Waals surface area contributed by atoms with Crippen molar-refractivity contribution in [2.45, 2.75) is 19.4 Å². The zero-order valence-corrected chi connectivity index (χ0v) is 12.3. The smallest absolute Gasteiger partial charge is 0.120 e. The lowest BCUT2D eigenvalue weighted by atomic mass is 10.1. The van der Waals surface area contributed by atoms with Crippen LogP contribution in [0, 0.1) is 6.92 Å². The lowest BCUT2D eigenvalue weighted by Gasteiger charge is -2.12. The molecule has 0 radical (unpaired) electrons. The number of aliphatic hydroxyl groups excluding tert-OH is 1. The van der Waals surface area contributed by atoms with Gasteiger partial charge in [0.2, 0.25) is 0 Å². The van der Waals surface area contributed by atoms with Crippen LogP contribution in [0.1, 0.15) is 23.9 Å². The Morgan fingerprint density at radius 2 is 2.05 bits per heavy atom. The van der Waals surface area contributed by atoms with Crippen LogP contribution in [0.15, 0.2) is 46.9 Å². The highest BCUT2D eigenvalue weighted by Gasteiger charge is 2.09. The minimum Gasteiger partial charge on any atom is -0.493 e. The molecule has 0 spiro atoms. The predicted molar refractivity (Wildman–Crippen MR) is 78.2 cm³/mol. The highest BCUT2D eigenvalue weighted by atomic mass is 79.9. The van der Waals surface area contributed by atoms with Crippen LogP contribution in [0.2, 0.25) is 0 Å². The molecule has 0 bridgehead atoms. The van der Waals surface area contributed by atoms with Gasteiger partial charge in [-0.25, -0.2) is 0 Å². The van der Waals surface area contributed by atoms with Crippen LogP contribution in [0.25, 0.3) is 0 Å². The number of aromatic nitrogens is 1. The molecule has 1 atom stereocenters. The van der Waals surface area contributed by atoms with Gasteiger partial charge in [0.25, 0.3) is 0 Å². The number of aryl methyl sites for hydroxylation is 1. The highest BCUT2D eigenvalue weighted by Crippen LogP contribution is 2.19. The number of pyridine rings is 1. The molecule has 2 aromatic rings. The number of nitrogens with zero attached hydrogens (tertiary/aromatic N) is 1. The fourth-order valence-corrected chi connectivity index (χ4v) is 2.12. The van der Waals surface area contributed by atoms with Crippen molar-refractivity contribution in [1.29, 1.82) is 0 Å². The first-order valence-electron chi connectivity index (χ1n) is 6.15. The van der Waals surface area contributed by atoms with Crippen LogP contribution in [0.4, 0.5) is 0 Å². The molecule has 19 heavy (non-hydrogen) atoms. The Kier molecular flexibility index (Phi) is 4.93. The van der Waals surface area contributed by atoms with E-state index in [4.69, 9.17) is 4.74 Å². The Bertz CT molecular complexity index is 545. The van der Waals surface area contributed by atoms with Gasteiger partial charge in [0, 0.05) is 16.6 Å². The summed E-state index contributed by atoms with van der Waals surface area (Å²) in [5, 5.41) is 10.0. The lowest BCUT2D eigenvalue weighted by molar-refractivity contribution is 0.136. The molecule has 1 heterocycles. The summed E-state index contributed by atoms with van der Waals surface area (Å²) in [7, 11) is 0. The molecule has 1 aromatic carbocycles. The monoisotopic (exact) mass is 321 g/mol. The van der Waals surface area contributed by atoms with Crippen LogP contribution >= 0.6 is 15.9 Å². The Labute approximate surface area is 121 Å². The fourth-order valence-electron chi connectivity index (χ4n) is 1.74.